The van der Waals surface area contributed by atoms with Crippen LogP contribution in [-0.2, 0) is 12.8 Å². The molecule has 5 nitrogen and oxygen atoms in total. The molecule has 0 bridgehead atoms. The minimum atomic E-state index is 0.555. The summed E-state index contributed by atoms with van der Waals surface area (Å²) in [6, 6.07) is 12.9. The molecular formula is C22H27N3O2S. The maximum Gasteiger partial charge on any atom is 0.122 e. The minimum absolute atomic E-state index is 0.555. The van der Waals surface area contributed by atoms with E-state index in [1.807, 2.05) is 18.2 Å². The maximum atomic E-state index is 5.86. The van der Waals surface area contributed by atoms with Crippen LogP contribution in [0.25, 0.3) is 10.2 Å². The Morgan fingerprint density at radius 2 is 2.14 bits per heavy atom. The van der Waals surface area contributed by atoms with Crippen molar-refractivity contribution < 1.29 is 9.47 Å². The van der Waals surface area contributed by atoms with Gasteiger partial charge in [-0.1, -0.05) is 16.6 Å². The lowest BCUT2D eigenvalue weighted by molar-refractivity contribution is 0.304. The summed E-state index contributed by atoms with van der Waals surface area (Å²) >= 11 is 1.41. The summed E-state index contributed by atoms with van der Waals surface area (Å²) in [6.07, 6.45) is 6.83. The van der Waals surface area contributed by atoms with Crippen molar-refractivity contribution in [2.24, 2.45) is 0 Å². The Hall–Kier alpha value is -2.18. The van der Waals surface area contributed by atoms with Gasteiger partial charge in [-0.25, -0.2) is 0 Å². The monoisotopic (exact) mass is 397 g/mol. The molecule has 148 valence electrons. The summed E-state index contributed by atoms with van der Waals surface area (Å²) in [7, 11) is 1.76. The molecule has 2 aromatic carbocycles. The predicted molar refractivity (Wildman–Crippen MR) is 114 cm³/mol. The van der Waals surface area contributed by atoms with Crippen LogP contribution in [0.2, 0.25) is 0 Å². The zero-order valence-corrected chi connectivity index (χ0v) is 17.1. The number of hydrogen-bond acceptors (Lipinski definition) is 6. The SMILES string of the molecule is COc1cccc2c1CC(NCCCCCOc1ccc3nnsc3c1)CC2. The molecule has 1 atom stereocenters. The van der Waals surface area contributed by atoms with Gasteiger partial charge >= 0.3 is 0 Å². The first kappa shape index (κ1) is 19.2. The molecule has 1 unspecified atom stereocenters. The number of aryl methyl sites for hydroxylation is 1. The Balaban J connectivity index is 1.13. The van der Waals surface area contributed by atoms with Crippen LogP contribution in [-0.4, -0.2) is 35.9 Å². The Labute approximate surface area is 170 Å². The number of aromatic nitrogens is 2. The van der Waals surface area contributed by atoms with Crippen molar-refractivity contribution in [3.05, 3.63) is 47.5 Å². The molecule has 28 heavy (non-hydrogen) atoms. The molecule has 1 N–H and O–H groups in total. The van der Waals surface area contributed by atoms with Gasteiger partial charge in [0.15, 0.2) is 0 Å². The van der Waals surface area contributed by atoms with Gasteiger partial charge in [-0.3, -0.25) is 0 Å². The highest BCUT2D eigenvalue weighted by Crippen LogP contribution is 2.29. The number of methoxy groups -OCH3 is 1. The van der Waals surface area contributed by atoms with E-state index in [0.717, 1.165) is 54.1 Å². The smallest absolute Gasteiger partial charge is 0.122 e. The first-order chi connectivity index (χ1) is 13.8. The molecule has 0 saturated carbocycles. The second-order valence-corrected chi connectivity index (χ2v) is 8.09. The van der Waals surface area contributed by atoms with Gasteiger partial charge in [-0.2, -0.15) is 0 Å². The molecule has 0 saturated heterocycles. The van der Waals surface area contributed by atoms with Crippen molar-refractivity contribution in [2.75, 3.05) is 20.3 Å². The van der Waals surface area contributed by atoms with Crippen LogP contribution in [0.15, 0.2) is 36.4 Å². The highest BCUT2D eigenvalue weighted by Gasteiger charge is 2.20. The summed E-state index contributed by atoms with van der Waals surface area (Å²) in [5.41, 5.74) is 3.77. The van der Waals surface area contributed by atoms with Crippen LogP contribution < -0.4 is 14.8 Å². The molecule has 4 rings (SSSR count). The first-order valence-electron chi connectivity index (χ1n) is 10.1. The second-order valence-electron chi connectivity index (χ2n) is 7.30. The fraction of sp³-hybridized carbons (Fsp3) is 0.455. The third-order valence-corrected chi connectivity index (χ3v) is 6.09. The maximum absolute atomic E-state index is 5.86. The molecular weight excluding hydrogens is 370 g/mol. The summed E-state index contributed by atoms with van der Waals surface area (Å²) < 4.78 is 16.4. The van der Waals surface area contributed by atoms with E-state index >= 15 is 0 Å². The average Bonchev–Trinajstić information content (AvgIpc) is 3.20. The molecule has 1 aromatic heterocycles. The van der Waals surface area contributed by atoms with Crippen molar-refractivity contribution in [3.8, 4) is 11.5 Å². The molecule has 0 fully saturated rings. The highest BCUT2D eigenvalue weighted by atomic mass is 32.1. The molecule has 3 aromatic rings. The predicted octanol–water partition coefficient (Wildman–Crippen LogP) is 4.40. The van der Waals surface area contributed by atoms with E-state index in [-0.39, 0.29) is 0 Å². The first-order valence-corrected chi connectivity index (χ1v) is 10.8. The molecule has 6 heteroatoms. The third-order valence-electron chi connectivity index (χ3n) is 5.40. The number of hydrogen-bond donors (Lipinski definition) is 1. The van der Waals surface area contributed by atoms with Crippen molar-refractivity contribution in [3.63, 3.8) is 0 Å². The van der Waals surface area contributed by atoms with E-state index in [4.69, 9.17) is 9.47 Å². The lowest BCUT2D eigenvalue weighted by atomic mass is 9.87. The average molecular weight is 398 g/mol. The van der Waals surface area contributed by atoms with E-state index < -0.39 is 0 Å². The Morgan fingerprint density at radius 1 is 1.18 bits per heavy atom. The van der Waals surface area contributed by atoms with Gasteiger partial charge in [0.05, 0.1) is 18.4 Å². The van der Waals surface area contributed by atoms with E-state index in [9.17, 15) is 0 Å². The van der Waals surface area contributed by atoms with Crippen molar-refractivity contribution >= 4 is 21.7 Å². The number of nitrogens with one attached hydrogen (secondary N) is 1. The lowest BCUT2D eigenvalue weighted by Gasteiger charge is -2.27. The van der Waals surface area contributed by atoms with Gasteiger partial charge in [0, 0.05) is 12.1 Å². The number of ether oxygens (including phenoxy) is 2. The summed E-state index contributed by atoms with van der Waals surface area (Å²) in [6.45, 7) is 1.82. The molecule has 0 spiro atoms. The van der Waals surface area contributed by atoms with E-state index in [2.05, 4.69) is 33.1 Å². The van der Waals surface area contributed by atoms with Crippen LogP contribution >= 0.6 is 11.5 Å². The second kappa shape index (κ2) is 9.34. The quantitative estimate of drug-likeness (QED) is 0.543. The number of benzene rings is 2. The van der Waals surface area contributed by atoms with Gasteiger partial charge in [0.25, 0.3) is 0 Å². The third kappa shape index (κ3) is 4.62. The number of rotatable bonds is 9. The number of fused-ring (bicyclic) bond motifs is 2. The van der Waals surface area contributed by atoms with Crippen LogP contribution in [0.3, 0.4) is 0 Å². The lowest BCUT2D eigenvalue weighted by Crippen LogP contribution is -2.35. The molecule has 0 radical (unpaired) electrons. The van der Waals surface area contributed by atoms with E-state index in [1.54, 1.807) is 7.11 Å². The molecule has 1 heterocycles. The standard InChI is InChI=1S/C22H27N3O2S/c1-26-21-7-5-6-16-8-9-17(14-19(16)21)23-12-3-2-4-13-27-18-10-11-20-22(15-18)28-25-24-20/h5-7,10-11,15,17,23H,2-4,8-9,12-14H2,1H3. The van der Waals surface area contributed by atoms with Gasteiger partial charge in [0.2, 0.25) is 0 Å². The zero-order valence-electron chi connectivity index (χ0n) is 16.3. The molecule has 0 aliphatic heterocycles. The zero-order chi connectivity index (χ0) is 19.2. The van der Waals surface area contributed by atoms with Crippen molar-refractivity contribution in [1.82, 2.24) is 14.9 Å². The van der Waals surface area contributed by atoms with Crippen LogP contribution in [0, 0.1) is 0 Å². The van der Waals surface area contributed by atoms with Crippen LogP contribution in [0.1, 0.15) is 36.8 Å². The van der Waals surface area contributed by atoms with Gasteiger partial charge in [0.1, 0.15) is 17.0 Å². The minimum Gasteiger partial charge on any atom is -0.496 e. The van der Waals surface area contributed by atoms with E-state index in [0.29, 0.717) is 6.04 Å². The highest BCUT2D eigenvalue weighted by molar-refractivity contribution is 7.12. The molecule has 1 aliphatic rings. The number of unbranched alkanes of at least 4 members (excludes halogenated alkanes) is 2. The van der Waals surface area contributed by atoms with Crippen LogP contribution in [0.4, 0.5) is 0 Å². The molecule has 1 aliphatic carbocycles. The fourth-order valence-electron chi connectivity index (χ4n) is 3.87. The van der Waals surface area contributed by atoms with Crippen LogP contribution in [0.5, 0.6) is 11.5 Å². The fourth-order valence-corrected chi connectivity index (χ4v) is 4.46. The largest absolute Gasteiger partial charge is 0.496 e. The van der Waals surface area contributed by atoms with Gasteiger partial charge in [-0.05, 0) is 85.9 Å². The van der Waals surface area contributed by atoms with Crippen molar-refractivity contribution in [2.45, 2.75) is 44.6 Å². The normalized spacial score (nSPS) is 16.1. The Kier molecular flexibility index (Phi) is 6.39. The summed E-state index contributed by atoms with van der Waals surface area (Å²) in [5.74, 6) is 1.94. The summed E-state index contributed by atoms with van der Waals surface area (Å²) in [4.78, 5) is 0. The summed E-state index contributed by atoms with van der Waals surface area (Å²) in [5, 5.41) is 7.78. The van der Waals surface area contributed by atoms with E-state index in [1.165, 1.54) is 41.9 Å². The topological polar surface area (TPSA) is 56.3 Å². The number of nitrogens with zero attached hydrogens (tertiary/aromatic N) is 2. The molecule has 0 amide bonds. The Bertz CT molecular complexity index is 897. The van der Waals surface area contributed by atoms with Gasteiger partial charge in [-0.15, -0.1) is 5.10 Å². The Morgan fingerprint density at radius 3 is 3.07 bits per heavy atom. The van der Waals surface area contributed by atoms with Crippen molar-refractivity contribution in [1.29, 1.82) is 0 Å². The van der Waals surface area contributed by atoms with Gasteiger partial charge < -0.3 is 14.8 Å².